The highest BCUT2D eigenvalue weighted by Gasteiger charge is 2.33. The van der Waals surface area contributed by atoms with Crippen LogP contribution in [0.4, 0.5) is 0 Å². The van der Waals surface area contributed by atoms with Crippen LogP contribution in [0.1, 0.15) is 37.3 Å². The molecule has 1 amide bonds. The summed E-state index contributed by atoms with van der Waals surface area (Å²) < 4.78 is 0. The van der Waals surface area contributed by atoms with Crippen molar-refractivity contribution in [3.8, 4) is 0 Å². The monoisotopic (exact) mass is 285 g/mol. The first-order chi connectivity index (χ1) is 10.3. The summed E-state index contributed by atoms with van der Waals surface area (Å²) in [7, 11) is 2.15. The molecule has 1 saturated heterocycles. The normalized spacial score (nSPS) is 25.9. The fourth-order valence-electron chi connectivity index (χ4n) is 3.53. The molecule has 1 aliphatic carbocycles. The maximum Gasteiger partial charge on any atom is 0.246 e. The average molecular weight is 285 g/mol. The van der Waals surface area contributed by atoms with Gasteiger partial charge in [-0.05, 0) is 56.8 Å². The SMILES string of the molecule is CN1CC[C@@H](CNC(=O)C2=CCCC2)[C@@H]1c1cccnc1. The van der Waals surface area contributed by atoms with Gasteiger partial charge in [0.1, 0.15) is 0 Å². The quantitative estimate of drug-likeness (QED) is 0.923. The number of allylic oxidation sites excluding steroid dienone is 1. The molecule has 1 aliphatic heterocycles. The molecule has 0 saturated carbocycles. The third kappa shape index (κ3) is 3.16. The minimum atomic E-state index is 0.131. The fraction of sp³-hybridized carbons (Fsp3) is 0.529. The zero-order valence-electron chi connectivity index (χ0n) is 12.6. The van der Waals surface area contributed by atoms with Gasteiger partial charge >= 0.3 is 0 Å². The standard InChI is InChI=1S/C17H23N3O/c1-20-10-8-15(16(20)14-7-4-9-18-11-14)12-19-17(21)13-5-2-3-6-13/h4-5,7,9,11,15-16H,2-3,6,8,10,12H2,1H3,(H,19,21)/t15-,16-/m0/s1. The maximum absolute atomic E-state index is 12.1. The molecule has 2 atom stereocenters. The van der Waals surface area contributed by atoms with E-state index in [0.717, 1.165) is 44.3 Å². The molecule has 0 radical (unpaired) electrons. The second-order valence-corrected chi connectivity index (χ2v) is 6.09. The van der Waals surface area contributed by atoms with Gasteiger partial charge < -0.3 is 5.32 Å². The molecule has 4 heteroatoms. The Morgan fingerprint density at radius 2 is 2.43 bits per heavy atom. The van der Waals surface area contributed by atoms with Crippen molar-refractivity contribution in [3.05, 3.63) is 41.7 Å². The minimum absolute atomic E-state index is 0.131. The van der Waals surface area contributed by atoms with Crippen LogP contribution in [-0.2, 0) is 4.79 Å². The highest BCUT2D eigenvalue weighted by molar-refractivity contribution is 5.93. The van der Waals surface area contributed by atoms with Crippen LogP contribution in [0.3, 0.4) is 0 Å². The van der Waals surface area contributed by atoms with Gasteiger partial charge in [0.05, 0.1) is 0 Å². The highest BCUT2D eigenvalue weighted by Crippen LogP contribution is 2.35. The van der Waals surface area contributed by atoms with E-state index in [1.807, 2.05) is 18.5 Å². The van der Waals surface area contributed by atoms with Gasteiger partial charge in [-0.3, -0.25) is 14.7 Å². The minimum Gasteiger partial charge on any atom is -0.352 e. The smallest absolute Gasteiger partial charge is 0.246 e. The number of pyridine rings is 1. The van der Waals surface area contributed by atoms with E-state index in [-0.39, 0.29) is 5.91 Å². The summed E-state index contributed by atoms with van der Waals surface area (Å²) in [6, 6.07) is 4.48. The van der Waals surface area contributed by atoms with E-state index in [0.29, 0.717) is 12.0 Å². The van der Waals surface area contributed by atoms with Crippen LogP contribution < -0.4 is 5.32 Å². The van der Waals surface area contributed by atoms with Crippen molar-refractivity contribution >= 4 is 5.91 Å². The lowest BCUT2D eigenvalue weighted by atomic mass is 9.94. The molecule has 1 N–H and O–H groups in total. The van der Waals surface area contributed by atoms with E-state index in [4.69, 9.17) is 0 Å². The molecule has 0 unspecified atom stereocenters. The molecule has 1 fully saturated rings. The lowest BCUT2D eigenvalue weighted by Crippen LogP contribution is -2.33. The zero-order valence-corrected chi connectivity index (χ0v) is 12.6. The van der Waals surface area contributed by atoms with E-state index < -0.39 is 0 Å². The van der Waals surface area contributed by atoms with Gasteiger partial charge in [0.2, 0.25) is 5.91 Å². The van der Waals surface area contributed by atoms with E-state index >= 15 is 0 Å². The van der Waals surface area contributed by atoms with Crippen molar-refractivity contribution in [3.63, 3.8) is 0 Å². The van der Waals surface area contributed by atoms with Gasteiger partial charge in [-0.2, -0.15) is 0 Å². The number of rotatable bonds is 4. The highest BCUT2D eigenvalue weighted by atomic mass is 16.1. The lowest BCUT2D eigenvalue weighted by Gasteiger charge is -2.25. The molecule has 3 rings (SSSR count). The summed E-state index contributed by atoms with van der Waals surface area (Å²) in [5.74, 6) is 0.595. The summed E-state index contributed by atoms with van der Waals surface area (Å²) in [5.41, 5.74) is 2.22. The molecule has 2 heterocycles. The van der Waals surface area contributed by atoms with Crippen LogP contribution in [-0.4, -0.2) is 35.9 Å². The number of nitrogens with one attached hydrogen (secondary N) is 1. The van der Waals surface area contributed by atoms with Gasteiger partial charge in [-0.15, -0.1) is 0 Å². The molecule has 2 aliphatic rings. The summed E-state index contributed by atoms with van der Waals surface area (Å²) >= 11 is 0. The number of nitrogens with zero attached hydrogens (tertiary/aromatic N) is 2. The molecular formula is C17H23N3O. The third-order valence-electron chi connectivity index (χ3n) is 4.66. The maximum atomic E-state index is 12.1. The van der Waals surface area contributed by atoms with E-state index in [1.54, 1.807) is 0 Å². The molecule has 0 bridgehead atoms. The van der Waals surface area contributed by atoms with E-state index in [9.17, 15) is 4.79 Å². The number of hydrogen-bond donors (Lipinski definition) is 1. The largest absolute Gasteiger partial charge is 0.352 e. The number of amides is 1. The Bertz CT molecular complexity index is 526. The summed E-state index contributed by atoms with van der Waals surface area (Å²) in [6.45, 7) is 1.82. The van der Waals surface area contributed by atoms with Crippen molar-refractivity contribution in [1.82, 2.24) is 15.2 Å². The molecule has 4 nitrogen and oxygen atoms in total. The first-order valence-electron chi connectivity index (χ1n) is 7.83. The van der Waals surface area contributed by atoms with Gasteiger partial charge in [-0.25, -0.2) is 0 Å². The predicted molar refractivity (Wildman–Crippen MR) is 82.7 cm³/mol. The number of aromatic nitrogens is 1. The number of hydrogen-bond acceptors (Lipinski definition) is 3. The summed E-state index contributed by atoms with van der Waals surface area (Å²) in [6.07, 6.45) is 10.1. The zero-order chi connectivity index (χ0) is 14.7. The molecule has 1 aromatic heterocycles. The van der Waals surface area contributed by atoms with Crippen LogP contribution in [0.2, 0.25) is 0 Å². The Balaban J connectivity index is 1.63. The van der Waals surface area contributed by atoms with Gasteiger partial charge in [0, 0.05) is 30.6 Å². The second-order valence-electron chi connectivity index (χ2n) is 6.09. The molecule has 1 aromatic rings. The Kier molecular flexibility index (Phi) is 4.34. The van der Waals surface area contributed by atoms with Gasteiger partial charge in [0.15, 0.2) is 0 Å². The third-order valence-corrected chi connectivity index (χ3v) is 4.66. The fourth-order valence-corrected chi connectivity index (χ4v) is 3.53. The van der Waals surface area contributed by atoms with Crippen molar-refractivity contribution < 1.29 is 4.79 Å². The van der Waals surface area contributed by atoms with Crippen molar-refractivity contribution in [2.45, 2.75) is 31.7 Å². The van der Waals surface area contributed by atoms with Crippen LogP contribution in [0.25, 0.3) is 0 Å². The van der Waals surface area contributed by atoms with Gasteiger partial charge in [0.25, 0.3) is 0 Å². The van der Waals surface area contributed by atoms with Crippen molar-refractivity contribution in [1.29, 1.82) is 0 Å². The van der Waals surface area contributed by atoms with E-state index in [2.05, 4.69) is 34.4 Å². The molecule has 0 aromatic carbocycles. The van der Waals surface area contributed by atoms with Crippen molar-refractivity contribution in [2.75, 3.05) is 20.1 Å². The van der Waals surface area contributed by atoms with Crippen molar-refractivity contribution in [2.24, 2.45) is 5.92 Å². The Morgan fingerprint density at radius 3 is 3.14 bits per heavy atom. The lowest BCUT2D eigenvalue weighted by molar-refractivity contribution is -0.117. The summed E-state index contributed by atoms with van der Waals surface area (Å²) in [4.78, 5) is 18.7. The van der Waals surface area contributed by atoms with E-state index in [1.165, 1.54) is 5.56 Å². The predicted octanol–water partition coefficient (Wildman–Crippen LogP) is 2.30. The molecule has 0 spiro atoms. The molecule has 112 valence electrons. The summed E-state index contributed by atoms with van der Waals surface area (Å²) in [5, 5.41) is 3.13. The Morgan fingerprint density at radius 1 is 1.52 bits per heavy atom. The van der Waals surface area contributed by atoms with Crippen LogP contribution in [0.15, 0.2) is 36.2 Å². The molecule has 21 heavy (non-hydrogen) atoms. The topological polar surface area (TPSA) is 45.2 Å². The number of likely N-dealkylation sites (tertiary alicyclic amines) is 1. The Labute approximate surface area is 126 Å². The first kappa shape index (κ1) is 14.3. The Hall–Kier alpha value is -1.68. The average Bonchev–Trinajstić information content (AvgIpc) is 3.15. The van der Waals surface area contributed by atoms with Crippen LogP contribution >= 0.6 is 0 Å². The molecular weight excluding hydrogens is 262 g/mol. The van der Waals surface area contributed by atoms with Crippen LogP contribution in [0, 0.1) is 5.92 Å². The first-order valence-corrected chi connectivity index (χ1v) is 7.83. The number of carbonyl (C=O) groups is 1. The number of carbonyl (C=O) groups excluding carboxylic acids is 1. The van der Waals surface area contributed by atoms with Crippen LogP contribution in [0.5, 0.6) is 0 Å². The second kappa shape index (κ2) is 6.39. The van der Waals surface area contributed by atoms with Gasteiger partial charge in [-0.1, -0.05) is 12.1 Å².